The number of hydrogen-bond donors (Lipinski definition) is 3. The van der Waals surface area contributed by atoms with E-state index in [0.29, 0.717) is 30.6 Å². The Hall–Kier alpha value is -1.46. The van der Waals surface area contributed by atoms with Gasteiger partial charge in [-0.3, -0.25) is 4.79 Å². The van der Waals surface area contributed by atoms with Gasteiger partial charge in [-0.1, -0.05) is 6.07 Å². The molecule has 0 radical (unpaired) electrons. The summed E-state index contributed by atoms with van der Waals surface area (Å²) in [6.45, 7) is 1.81. The van der Waals surface area contributed by atoms with Crippen molar-refractivity contribution in [3.05, 3.63) is 29.6 Å². The summed E-state index contributed by atoms with van der Waals surface area (Å²) in [5.74, 6) is -0.758. The van der Waals surface area contributed by atoms with E-state index in [1.165, 1.54) is 25.1 Å². The van der Waals surface area contributed by atoms with Crippen molar-refractivity contribution in [2.45, 2.75) is 25.9 Å². The van der Waals surface area contributed by atoms with Gasteiger partial charge in [-0.2, -0.15) is 0 Å². The van der Waals surface area contributed by atoms with Crippen molar-refractivity contribution in [3.8, 4) is 0 Å². The first kappa shape index (κ1) is 13.6. The van der Waals surface area contributed by atoms with Crippen LogP contribution >= 0.6 is 0 Å². The van der Waals surface area contributed by atoms with Crippen LogP contribution in [-0.2, 0) is 4.79 Å². The number of nitrogens with two attached hydrogens (primary N) is 1. The van der Waals surface area contributed by atoms with Crippen LogP contribution in [0.1, 0.15) is 31.4 Å². The van der Waals surface area contributed by atoms with Gasteiger partial charge in [0.2, 0.25) is 5.91 Å². The predicted octanol–water partition coefficient (Wildman–Crippen LogP) is 1.56. The Balaban J connectivity index is 2.92. The number of amides is 1. The zero-order chi connectivity index (χ0) is 12.8. The molecule has 1 rings (SSSR count). The molecule has 1 aromatic carbocycles. The summed E-state index contributed by atoms with van der Waals surface area (Å²) < 4.78 is 13.1. The minimum atomic E-state index is -0.749. The molecule has 0 bridgehead atoms. The molecule has 1 atom stereocenters. The number of rotatable bonds is 5. The summed E-state index contributed by atoms with van der Waals surface area (Å²) in [6.07, 6.45) is 0.397. The van der Waals surface area contributed by atoms with Crippen LogP contribution in [0, 0.1) is 5.82 Å². The van der Waals surface area contributed by atoms with Gasteiger partial charge in [0.25, 0.3) is 0 Å². The van der Waals surface area contributed by atoms with Gasteiger partial charge in [0, 0.05) is 18.2 Å². The second-order valence-corrected chi connectivity index (χ2v) is 3.86. The maximum atomic E-state index is 13.1. The largest absolute Gasteiger partial charge is 0.388 e. The maximum Gasteiger partial charge on any atom is 0.221 e. The van der Waals surface area contributed by atoms with Crippen molar-refractivity contribution in [3.63, 3.8) is 0 Å². The summed E-state index contributed by atoms with van der Waals surface area (Å²) in [5.41, 5.74) is 6.17. The van der Waals surface area contributed by atoms with Crippen molar-refractivity contribution in [1.82, 2.24) is 0 Å². The van der Waals surface area contributed by atoms with E-state index in [0.717, 1.165) is 0 Å². The highest BCUT2D eigenvalue weighted by atomic mass is 19.1. The second-order valence-electron chi connectivity index (χ2n) is 3.86. The van der Waals surface area contributed by atoms with Crippen LogP contribution in [0.5, 0.6) is 0 Å². The Kier molecular flexibility index (Phi) is 5.06. The van der Waals surface area contributed by atoms with Crippen LogP contribution in [-0.4, -0.2) is 17.6 Å². The molecule has 0 fully saturated rings. The fourth-order valence-corrected chi connectivity index (χ4v) is 1.58. The number of aliphatic hydroxyl groups excluding tert-OH is 1. The normalized spacial score (nSPS) is 12.2. The molecule has 4 N–H and O–H groups in total. The topological polar surface area (TPSA) is 75.3 Å². The molecule has 0 aliphatic carbocycles. The summed E-state index contributed by atoms with van der Waals surface area (Å²) >= 11 is 0. The zero-order valence-corrected chi connectivity index (χ0v) is 9.74. The Labute approximate surface area is 99.6 Å². The molecule has 1 amide bonds. The van der Waals surface area contributed by atoms with Gasteiger partial charge in [-0.25, -0.2) is 4.39 Å². The molecule has 94 valence electrons. The highest BCUT2D eigenvalue weighted by Crippen LogP contribution is 2.26. The number of halogens is 1. The summed E-state index contributed by atoms with van der Waals surface area (Å²) in [7, 11) is 0. The van der Waals surface area contributed by atoms with Crippen LogP contribution in [0.25, 0.3) is 0 Å². The van der Waals surface area contributed by atoms with E-state index in [-0.39, 0.29) is 5.91 Å². The average Bonchev–Trinajstić information content (AvgIpc) is 2.25. The number of aliphatic hydroxyl groups is 1. The SMILES string of the molecule is CC(=O)Nc1cc(F)ccc1C(O)CCCN. The third-order valence-corrected chi connectivity index (χ3v) is 2.37. The van der Waals surface area contributed by atoms with Gasteiger partial charge in [0.15, 0.2) is 0 Å². The molecule has 4 nitrogen and oxygen atoms in total. The minimum absolute atomic E-state index is 0.303. The molecule has 0 aliphatic heterocycles. The van der Waals surface area contributed by atoms with Crippen molar-refractivity contribution >= 4 is 11.6 Å². The lowest BCUT2D eigenvalue weighted by Crippen LogP contribution is -2.11. The number of hydrogen-bond acceptors (Lipinski definition) is 3. The van der Waals surface area contributed by atoms with E-state index >= 15 is 0 Å². The van der Waals surface area contributed by atoms with Gasteiger partial charge < -0.3 is 16.2 Å². The van der Waals surface area contributed by atoms with Crippen LogP contribution in [0.4, 0.5) is 10.1 Å². The molecule has 0 saturated carbocycles. The summed E-state index contributed by atoms with van der Waals surface area (Å²) in [4.78, 5) is 11.0. The number of anilines is 1. The lowest BCUT2D eigenvalue weighted by atomic mass is 10.0. The molecular weight excluding hydrogens is 223 g/mol. The molecule has 0 heterocycles. The minimum Gasteiger partial charge on any atom is -0.388 e. The van der Waals surface area contributed by atoms with Gasteiger partial charge >= 0.3 is 0 Å². The summed E-state index contributed by atoms with van der Waals surface area (Å²) in [6, 6.07) is 3.93. The van der Waals surface area contributed by atoms with Crippen LogP contribution in [0.15, 0.2) is 18.2 Å². The second kappa shape index (κ2) is 6.32. The van der Waals surface area contributed by atoms with Crippen LogP contribution < -0.4 is 11.1 Å². The highest BCUT2D eigenvalue weighted by Gasteiger charge is 2.13. The van der Waals surface area contributed by atoms with E-state index in [1.54, 1.807) is 0 Å². The molecule has 1 unspecified atom stereocenters. The third-order valence-electron chi connectivity index (χ3n) is 2.37. The fourth-order valence-electron chi connectivity index (χ4n) is 1.58. The Morgan fingerprint density at radius 3 is 2.88 bits per heavy atom. The quantitative estimate of drug-likeness (QED) is 0.731. The first-order chi connectivity index (χ1) is 8.04. The lowest BCUT2D eigenvalue weighted by Gasteiger charge is -2.15. The average molecular weight is 240 g/mol. The predicted molar refractivity (Wildman–Crippen MR) is 64.0 cm³/mol. The molecule has 5 heteroatoms. The third kappa shape index (κ3) is 4.13. The standard InChI is InChI=1S/C12H17FN2O2/c1-8(16)15-11-7-9(13)4-5-10(11)12(17)3-2-6-14/h4-5,7,12,17H,2-3,6,14H2,1H3,(H,15,16). The molecule has 1 aromatic rings. The van der Waals surface area contributed by atoms with Gasteiger partial charge in [-0.15, -0.1) is 0 Å². The fraction of sp³-hybridized carbons (Fsp3) is 0.417. The summed E-state index contributed by atoms with van der Waals surface area (Å²) in [5, 5.41) is 12.4. The molecule has 0 aliphatic rings. The Bertz CT molecular complexity index is 396. The zero-order valence-electron chi connectivity index (χ0n) is 9.74. The van der Waals surface area contributed by atoms with Gasteiger partial charge in [0.1, 0.15) is 5.82 Å². The van der Waals surface area contributed by atoms with Gasteiger partial charge in [0.05, 0.1) is 6.10 Å². The van der Waals surface area contributed by atoms with Gasteiger partial charge in [-0.05, 0) is 31.5 Å². The van der Waals surface area contributed by atoms with Crippen molar-refractivity contribution < 1.29 is 14.3 Å². The number of benzene rings is 1. The molecule has 0 aromatic heterocycles. The Morgan fingerprint density at radius 2 is 2.29 bits per heavy atom. The first-order valence-corrected chi connectivity index (χ1v) is 5.49. The van der Waals surface area contributed by atoms with Crippen LogP contribution in [0.3, 0.4) is 0 Å². The molecular formula is C12H17FN2O2. The van der Waals surface area contributed by atoms with E-state index in [9.17, 15) is 14.3 Å². The smallest absolute Gasteiger partial charge is 0.221 e. The maximum absolute atomic E-state index is 13.1. The van der Waals surface area contributed by atoms with E-state index in [1.807, 2.05) is 0 Å². The van der Waals surface area contributed by atoms with E-state index in [2.05, 4.69) is 5.32 Å². The highest BCUT2D eigenvalue weighted by molar-refractivity contribution is 5.89. The van der Waals surface area contributed by atoms with Crippen molar-refractivity contribution in [2.75, 3.05) is 11.9 Å². The van der Waals surface area contributed by atoms with E-state index < -0.39 is 11.9 Å². The first-order valence-electron chi connectivity index (χ1n) is 5.49. The molecule has 0 spiro atoms. The number of carbonyl (C=O) groups is 1. The lowest BCUT2D eigenvalue weighted by molar-refractivity contribution is -0.114. The van der Waals surface area contributed by atoms with Crippen LogP contribution in [0.2, 0.25) is 0 Å². The number of nitrogens with one attached hydrogen (secondary N) is 1. The van der Waals surface area contributed by atoms with Crippen molar-refractivity contribution in [2.24, 2.45) is 5.73 Å². The molecule has 0 saturated heterocycles. The van der Waals surface area contributed by atoms with Crippen molar-refractivity contribution in [1.29, 1.82) is 0 Å². The van der Waals surface area contributed by atoms with E-state index in [4.69, 9.17) is 5.73 Å². The Morgan fingerprint density at radius 1 is 1.59 bits per heavy atom. The number of carbonyl (C=O) groups excluding carboxylic acids is 1. The monoisotopic (exact) mass is 240 g/mol. The molecule has 17 heavy (non-hydrogen) atoms.